The highest BCUT2D eigenvalue weighted by Crippen LogP contribution is 2.13. The van der Waals surface area contributed by atoms with Crippen molar-refractivity contribution in [2.24, 2.45) is 0 Å². The Morgan fingerprint density at radius 1 is 1.22 bits per heavy atom. The van der Waals surface area contributed by atoms with Crippen LogP contribution < -0.4 is 5.32 Å². The molecule has 0 fully saturated rings. The molecule has 3 heteroatoms. The van der Waals surface area contributed by atoms with E-state index in [4.69, 9.17) is 0 Å². The molecule has 0 amide bonds. The number of rotatable bonds is 5. The van der Waals surface area contributed by atoms with E-state index < -0.39 is 0 Å². The molecular weight excluding hydrogens is 240 g/mol. The van der Waals surface area contributed by atoms with E-state index in [-0.39, 0.29) is 0 Å². The van der Waals surface area contributed by atoms with Crippen LogP contribution >= 0.6 is 11.3 Å². The van der Waals surface area contributed by atoms with E-state index in [1.54, 1.807) is 11.3 Å². The van der Waals surface area contributed by atoms with Crippen LogP contribution in [0.3, 0.4) is 0 Å². The Hall–Kier alpha value is -1.19. The number of thiazole rings is 1. The third-order valence-electron chi connectivity index (χ3n) is 3.08. The van der Waals surface area contributed by atoms with Crippen molar-refractivity contribution in [1.29, 1.82) is 0 Å². The maximum atomic E-state index is 4.47. The van der Waals surface area contributed by atoms with Crippen molar-refractivity contribution in [3.63, 3.8) is 0 Å². The number of hydrogen-bond donors (Lipinski definition) is 1. The molecule has 2 rings (SSSR count). The monoisotopic (exact) mass is 260 g/mol. The molecule has 0 aliphatic rings. The molecule has 2 nitrogen and oxygen atoms in total. The van der Waals surface area contributed by atoms with Gasteiger partial charge in [-0.25, -0.2) is 4.98 Å². The normalized spacial score (nSPS) is 12.6. The molecule has 18 heavy (non-hydrogen) atoms. The van der Waals surface area contributed by atoms with Crippen molar-refractivity contribution >= 4 is 11.3 Å². The van der Waals surface area contributed by atoms with Crippen molar-refractivity contribution in [3.05, 3.63) is 51.5 Å². The van der Waals surface area contributed by atoms with Crippen LogP contribution in [-0.4, -0.2) is 11.5 Å². The first kappa shape index (κ1) is 13.2. The molecular formula is C15H20N2S. The van der Waals surface area contributed by atoms with Gasteiger partial charge in [0.15, 0.2) is 0 Å². The molecule has 1 aromatic heterocycles. The molecule has 0 saturated heterocycles. The Bertz CT molecular complexity index is 487. The van der Waals surface area contributed by atoms with E-state index in [2.05, 4.69) is 60.7 Å². The molecule has 0 aliphatic heterocycles. The first-order valence-electron chi connectivity index (χ1n) is 6.36. The smallest absolute Gasteiger partial charge is 0.0897 e. The summed E-state index contributed by atoms with van der Waals surface area (Å²) >= 11 is 1.72. The van der Waals surface area contributed by atoms with E-state index in [1.807, 2.05) is 0 Å². The summed E-state index contributed by atoms with van der Waals surface area (Å²) in [6.45, 7) is 7.35. The fourth-order valence-corrected chi connectivity index (χ4v) is 2.56. The minimum Gasteiger partial charge on any atom is -0.310 e. The van der Waals surface area contributed by atoms with E-state index in [0.29, 0.717) is 6.04 Å². The van der Waals surface area contributed by atoms with Gasteiger partial charge in [-0.2, -0.15) is 0 Å². The van der Waals surface area contributed by atoms with Crippen molar-refractivity contribution < 1.29 is 0 Å². The summed E-state index contributed by atoms with van der Waals surface area (Å²) in [5.41, 5.74) is 3.85. The van der Waals surface area contributed by atoms with Crippen LogP contribution in [0.15, 0.2) is 29.6 Å². The maximum absolute atomic E-state index is 4.47. The minimum atomic E-state index is 0.394. The van der Waals surface area contributed by atoms with Crippen LogP contribution in [0.25, 0.3) is 0 Å². The minimum absolute atomic E-state index is 0.394. The lowest BCUT2D eigenvalue weighted by Crippen LogP contribution is -2.21. The predicted molar refractivity (Wildman–Crippen MR) is 78.2 cm³/mol. The van der Waals surface area contributed by atoms with Crippen LogP contribution in [0.2, 0.25) is 0 Å². The van der Waals surface area contributed by atoms with Gasteiger partial charge in [0.05, 0.1) is 10.7 Å². The summed E-state index contributed by atoms with van der Waals surface area (Å²) in [4.78, 5) is 4.47. The summed E-state index contributed by atoms with van der Waals surface area (Å²) in [5.74, 6) is 0. The quantitative estimate of drug-likeness (QED) is 0.887. The fourth-order valence-electron chi connectivity index (χ4n) is 1.91. The SMILES string of the molecule is Cc1ccc(C(C)NCCc2csc(C)n2)cc1. The van der Waals surface area contributed by atoms with Crippen molar-refractivity contribution in [3.8, 4) is 0 Å². The largest absolute Gasteiger partial charge is 0.310 e. The molecule has 0 radical (unpaired) electrons. The van der Waals surface area contributed by atoms with Gasteiger partial charge in [0, 0.05) is 24.4 Å². The van der Waals surface area contributed by atoms with Crippen molar-refractivity contribution in [2.75, 3.05) is 6.54 Å². The van der Waals surface area contributed by atoms with E-state index in [1.165, 1.54) is 16.8 Å². The Morgan fingerprint density at radius 2 is 1.94 bits per heavy atom. The Kier molecular flexibility index (Phi) is 4.50. The topological polar surface area (TPSA) is 24.9 Å². The van der Waals surface area contributed by atoms with Crippen LogP contribution in [0.5, 0.6) is 0 Å². The molecule has 0 bridgehead atoms. The lowest BCUT2D eigenvalue weighted by Gasteiger charge is -2.14. The zero-order valence-corrected chi connectivity index (χ0v) is 12.1. The van der Waals surface area contributed by atoms with Crippen molar-refractivity contribution in [2.45, 2.75) is 33.2 Å². The molecule has 1 unspecified atom stereocenters. The summed E-state index contributed by atoms with van der Waals surface area (Å²) in [5, 5.41) is 6.84. The van der Waals surface area contributed by atoms with Crippen LogP contribution in [0.1, 0.15) is 34.8 Å². The highest BCUT2D eigenvalue weighted by molar-refractivity contribution is 7.09. The second-order valence-corrected chi connectivity index (χ2v) is 5.76. The zero-order valence-electron chi connectivity index (χ0n) is 11.2. The second kappa shape index (κ2) is 6.12. The molecule has 0 saturated carbocycles. The third kappa shape index (κ3) is 3.65. The molecule has 1 N–H and O–H groups in total. The number of aromatic nitrogens is 1. The van der Waals surface area contributed by atoms with Crippen LogP contribution in [0, 0.1) is 13.8 Å². The van der Waals surface area contributed by atoms with Gasteiger partial charge in [-0.1, -0.05) is 29.8 Å². The Morgan fingerprint density at radius 3 is 2.56 bits per heavy atom. The summed E-state index contributed by atoms with van der Waals surface area (Å²) < 4.78 is 0. The second-order valence-electron chi connectivity index (χ2n) is 4.69. The summed E-state index contributed by atoms with van der Waals surface area (Å²) in [6.07, 6.45) is 1.00. The molecule has 0 aliphatic carbocycles. The highest BCUT2D eigenvalue weighted by atomic mass is 32.1. The Balaban J connectivity index is 1.81. The van der Waals surface area contributed by atoms with Gasteiger partial charge in [0.2, 0.25) is 0 Å². The molecule has 96 valence electrons. The van der Waals surface area contributed by atoms with Crippen LogP contribution in [0.4, 0.5) is 0 Å². The summed E-state index contributed by atoms with van der Waals surface area (Å²) in [6, 6.07) is 9.11. The molecule has 1 aromatic carbocycles. The van der Waals surface area contributed by atoms with E-state index in [0.717, 1.165) is 18.0 Å². The first-order valence-corrected chi connectivity index (χ1v) is 7.24. The van der Waals surface area contributed by atoms with E-state index in [9.17, 15) is 0 Å². The molecule has 1 atom stereocenters. The number of nitrogens with one attached hydrogen (secondary N) is 1. The van der Waals surface area contributed by atoms with Crippen molar-refractivity contribution in [1.82, 2.24) is 10.3 Å². The van der Waals surface area contributed by atoms with Gasteiger partial charge >= 0.3 is 0 Å². The van der Waals surface area contributed by atoms with Gasteiger partial charge in [-0.05, 0) is 26.3 Å². The average molecular weight is 260 g/mol. The van der Waals surface area contributed by atoms with Gasteiger partial charge in [-0.15, -0.1) is 11.3 Å². The average Bonchev–Trinajstić information content (AvgIpc) is 2.76. The highest BCUT2D eigenvalue weighted by Gasteiger charge is 2.04. The number of hydrogen-bond acceptors (Lipinski definition) is 3. The van der Waals surface area contributed by atoms with E-state index >= 15 is 0 Å². The molecule has 2 aromatic rings. The maximum Gasteiger partial charge on any atom is 0.0897 e. The molecule has 1 heterocycles. The fraction of sp³-hybridized carbons (Fsp3) is 0.400. The number of benzene rings is 1. The third-order valence-corrected chi connectivity index (χ3v) is 3.90. The predicted octanol–water partition coefficient (Wildman–Crippen LogP) is 3.65. The van der Waals surface area contributed by atoms with Gasteiger partial charge < -0.3 is 5.32 Å². The van der Waals surface area contributed by atoms with Gasteiger partial charge in [0.25, 0.3) is 0 Å². The standard InChI is InChI=1S/C15H20N2S/c1-11-4-6-14(7-5-11)12(2)16-9-8-15-10-18-13(3)17-15/h4-7,10,12,16H,8-9H2,1-3H3. The summed E-state index contributed by atoms with van der Waals surface area (Å²) in [7, 11) is 0. The lowest BCUT2D eigenvalue weighted by molar-refractivity contribution is 0.574. The zero-order chi connectivity index (χ0) is 13.0. The Labute approximate surface area is 113 Å². The van der Waals surface area contributed by atoms with Gasteiger partial charge in [0.1, 0.15) is 0 Å². The van der Waals surface area contributed by atoms with Gasteiger partial charge in [-0.3, -0.25) is 0 Å². The first-order chi connectivity index (χ1) is 8.65. The number of nitrogens with zero attached hydrogens (tertiary/aromatic N) is 1. The van der Waals surface area contributed by atoms with Crippen LogP contribution in [-0.2, 0) is 6.42 Å². The number of aryl methyl sites for hydroxylation is 2. The lowest BCUT2D eigenvalue weighted by atomic mass is 10.1. The molecule has 0 spiro atoms.